The Kier molecular flexibility index (Phi) is 7.40. The van der Waals surface area contributed by atoms with Crippen LogP contribution in [0.5, 0.6) is 0 Å². The SMILES string of the molecule is CCc1cc(-c2nnc(SCC(=O)Nc3cccc(C(F)(F)F)c3)n2CC2CCCO2)cs1. The smallest absolute Gasteiger partial charge is 0.376 e. The number of aryl methyl sites for hydroxylation is 1. The molecule has 11 heteroatoms. The highest BCUT2D eigenvalue weighted by molar-refractivity contribution is 7.99. The molecule has 2 aromatic heterocycles. The van der Waals surface area contributed by atoms with Crippen molar-refractivity contribution in [2.24, 2.45) is 0 Å². The minimum absolute atomic E-state index is 0.0102. The van der Waals surface area contributed by atoms with Crippen LogP contribution in [0.15, 0.2) is 40.9 Å². The van der Waals surface area contributed by atoms with E-state index in [4.69, 9.17) is 4.74 Å². The Morgan fingerprint density at radius 1 is 1.33 bits per heavy atom. The second-order valence-electron chi connectivity index (χ2n) is 7.62. The Morgan fingerprint density at radius 3 is 2.88 bits per heavy atom. The molecule has 1 aliphatic heterocycles. The zero-order valence-corrected chi connectivity index (χ0v) is 19.5. The first-order valence-electron chi connectivity index (χ1n) is 10.6. The number of nitrogens with zero attached hydrogens (tertiary/aromatic N) is 3. The van der Waals surface area contributed by atoms with Gasteiger partial charge in [0, 0.05) is 28.1 Å². The molecule has 0 aliphatic carbocycles. The van der Waals surface area contributed by atoms with Crippen LogP contribution < -0.4 is 5.32 Å². The third kappa shape index (κ3) is 5.96. The highest BCUT2D eigenvalue weighted by Crippen LogP contribution is 2.32. The second kappa shape index (κ2) is 10.3. The van der Waals surface area contributed by atoms with Crippen LogP contribution in [0.4, 0.5) is 18.9 Å². The number of carbonyl (C=O) groups is 1. The van der Waals surface area contributed by atoms with E-state index in [1.807, 2.05) is 9.95 Å². The standard InChI is InChI=1S/C22H23F3N4O2S2/c1-2-18-9-14(12-32-18)20-27-28-21(29(20)11-17-7-4-8-31-17)33-13-19(30)26-16-6-3-5-15(10-16)22(23,24)25/h3,5-6,9-10,12,17H,2,4,7-8,11,13H2,1H3,(H,26,30). The molecule has 0 bridgehead atoms. The summed E-state index contributed by atoms with van der Waals surface area (Å²) < 4.78 is 46.5. The van der Waals surface area contributed by atoms with Crippen molar-refractivity contribution in [2.45, 2.75) is 50.2 Å². The van der Waals surface area contributed by atoms with Crippen molar-refractivity contribution >= 4 is 34.7 Å². The lowest BCUT2D eigenvalue weighted by Crippen LogP contribution is -2.18. The van der Waals surface area contributed by atoms with Gasteiger partial charge in [-0.2, -0.15) is 13.2 Å². The minimum atomic E-state index is -4.47. The third-order valence-corrected chi connectivity index (χ3v) is 7.24. The number of carbonyl (C=O) groups excluding carboxylic acids is 1. The number of rotatable bonds is 8. The molecule has 1 fully saturated rings. The predicted octanol–water partition coefficient (Wildman–Crippen LogP) is 5.50. The van der Waals surface area contributed by atoms with Crippen molar-refractivity contribution in [1.29, 1.82) is 0 Å². The normalized spacial score (nSPS) is 16.3. The molecule has 176 valence electrons. The summed E-state index contributed by atoms with van der Waals surface area (Å²) in [5.74, 6) is 0.294. The summed E-state index contributed by atoms with van der Waals surface area (Å²) in [6.45, 7) is 3.40. The van der Waals surface area contributed by atoms with Crippen LogP contribution in [-0.2, 0) is 28.7 Å². The van der Waals surface area contributed by atoms with E-state index in [0.717, 1.165) is 49.4 Å². The predicted molar refractivity (Wildman–Crippen MR) is 122 cm³/mol. The van der Waals surface area contributed by atoms with Crippen molar-refractivity contribution in [3.8, 4) is 11.4 Å². The van der Waals surface area contributed by atoms with E-state index in [1.165, 1.54) is 28.8 Å². The first-order valence-corrected chi connectivity index (χ1v) is 12.4. The van der Waals surface area contributed by atoms with Crippen LogP contribution in [0.1, 0.15) is 30.2 Å². The molecule has 1 aliphatic rings. The fourth-order valence-electron chi connectivity index (χ4n) is 3.55. The molecular formula is C22H23F3N4O2S2. The van der Waals surface area contributed by atoms with E-state index < -0.39 is 17.6 Å². The van der Waals surface area contributed by atoms with E-state index >= 15 is 0 Å². The van der Waals surface area contributed by atoms with E-state index in [2.05, 4.69) is 28.5 Å². The molecule has 1 aromatic carbocycles. The van der Waals surface area contributed by atoms with Gasteiger partial charge < -0.3 is 10.1 Å². The van der Waals surface area contributed by atoms with Gasteiger partial charge in [0.25, 0.3) is 0 Å². The number of alkyl halides is 3. The van der Waals surface area contributed by atoms with Crippen molar-refractivity contribution in [1.82, 2.24) is 14.8 Å². The van der Waals surface area contributed by atoms with Gasteiger partial charge in [-0.05, 0) is 43.5 Å². The van der Waals surface area contributed by atoms with Gasteiger partial charge in [0.15, 0.2) is 11.0 Å². The zero-order valence-electron chi connectivity index (χ0n) is 17.9. The molecule has 6 nitrogen and oxygen atoms in total. The number of hydrogen-bond acceptors (Lipinski definition) is 6. The zero-order chi connectivity index (χ0) is 23.4. The average molecular weight is 497 g/mol. The molecule has 0 radical (unpaired) electrons. The molecule has 1 atom stereocenters. The van der Waals surface area contributed by atoms with E-state index in [1.54, 1.807) is 11.3 Å². The van der Waals surface area contributed by atoms with Crippen molar-refractivity contribution < 1.29 is 22.7 Å². The lowest BCUT2D eigenvalue weighted by Gasteiger charge is -2.14. The fourth-order valence-corrected chi connectivity index (χ4v) is 5.11. The van der Waals surface area contributed by atoms with Gasteiger partial charge in [-0.1, -0.05) is 24.8 Å². The number of nitrogens with one attached hydrogen (secondary N) is 1. The maximum absolute atomic E-state index is 12.9. The van der Waals surface area contributed by atoms with Gasteiger partial charge >= 0.3 is 6.18 Å². The largest absolute Gasteiger partial charge is 0.416 e. The van der Waals surface area contributed by atoms with Crippen molar-refractivity contribution in [3.05, 3.63) is 46.2 Å². The fraction of sp³-hybridized carbons (Fsp3) is 0.409. The summed E-state index contributed by atoms with van der Waals surface area (Å²) in [4.78, 5) is 13.7. The number of thioether (sulfide) groups is 1. The maximum Gasteiger partial charge on any atom is 0.416 e. The highest BCUT2D eigenvalue weighted by atomic mass is 32.2. The first-order chi connectivity index (χ1) is 15.8. The summed E-state index contributed by atoms with van der Waals surface area (Å²) in [6.07, 6.45) is -1.53. The summed E-state index contributed by atoms with van der Waals surface area (Å²) >= 11 is 2.86. The molecule has 1 amide bonds. The number of anilines is 1. The number of ether oxygens (including phenoxy) is 1. The molecule has 3 heterocycles. The van der Waals surface area contributed by atoms with Crippen molar-refractivity contribution in [3.63, 3.8) is 0 Å². The van der Waals surface area contributed by atoms with Gasteiger partial charge in [-0.15, -0.1) is 21.5 Å². The third-order valence-electron chi connectivity index (χ3n) is 5.19. The maximum atomic E-state index is 12.9. The van der Waals surface area contributed by atoms with Crippen LogP contribution >= 0.6 is 23.1 Å². The summed E-state index contributed by atoms with van der Waals surface area (Å²) in [5, 5.41) is 13.8. The number of benzene rings is 1. The van der Waals surface area contributed by atoms with Crippen LogP contribution in [-0.4, -0.2) is 39.1 Å². The topological polar surface area (TPSA) is 69.0 Å². The molecule has 1 saturated heterocycles. The quantitative estimate of drug-likeness (QED) is 0.417. The van der Waals surface area contributed by atoms with Crippen LogP contribution in [0, 0.1) is 0 Å². The van der Waals surface area contributed by atoms with Crippen LogP contribution in [0.25, 0.3) is 11.4 Å². The molecule has 3 aromatic rings. The average Bonchev–Trinajstić information content (AvgIpc) is 3.53. The Labute approximate surface area is 197 Å². The highest BCUT2D eigenvalue weighted by Gasteiger charge is 2.30. The molecular weight excluding hydrogens is 473 g/mol. The molecule has 0 spiro atoms. The number of hydrogen-bond donors (Lipinski definition) is 1. The number of thiophene rings is 1. The van der Waals surface area contributed by atoms with Gasteiger partial charge in [0.1, 0.15) is 0 Å². The Balaban J connectivity index is 1.47. The van der Waals surface area contributed by atoms with Crippen LogP contribution in [0.2, 0.25) is 0 Å². The second-order valence-corrected chi connectivity index (χ2v) is 9.56. The number of amides is 1. The minimum Gasteiger partial charge on any atom is -0.376 e. The monoisotopic (exact) mass is 496 g/mol. The van der Waals surface area contributed by atoms with Gasteiger partial charge in [-0.25, -0.2) is 0 Å². The summed E-state index contributed by atoms with van der Waals surface area (Å²) in [6, 6.07) is 6.67. The lowest BCUT2D eigenvalue weighted by atomic mass is 10.2. The Bertz CT molecular complexity index is 1110. The summed E-state index contributed by atoms with van der Waals surface area (Å²) in [7, 11) is 0. The van der Waals surface area contributed by atoms with Gasteiger partial charge in [-0.3, -0.25) is 9.36 Å². The number of halogens is 3. The molecule has 1 unspecified atom stereocenters. The first kappa shape index (κ1) is 23.8. The van der Waals surface area contributed by atoms with Gasteiger partial charge in [0.05, 0.1) is 24.0 Å². The van der Waals surface area contributed by atoms with Gasteiger partial charge in [0.2, 0.25) is 5.91 Å². The van der Waals surface area contributed by atoms with E-state index in [0.29, 0.717) is 11.7 Å². The summed E-state index contributed by atoms with van der Waals surface area (Å²) in [5.41, 5.74) is 0.265. The number of aromatic nitrogens is 3. The lowest BCUT2D eigenvalue weighted by molar-refractivity contribution is -0.137. The molecule has 33 heavy (non-hydrogen) atoms. The van der Waals surface area contributed by atoms with E-state index in [-0.39, 0.29) is 17.5 Å². The Hall–Kier alpha value is -2.37. The van der Waals surface area contributed by atoms with E-state index in [9.17, 15) is 18.0 Å². The molecule has 0 saturated carbocycles. The Morgan fingerprint density at radius 2 is 2.18 bits per heavy atom. The molecule has 4 rings (SSSR count). The molecule has 1 N–H and O–H groups in total. The van der Waals surface area contributed by atoms with Crippen molar-refractivity contribution in [2.75, 3.05) is 17.7 Å². The van der Waals surface area contributed by atoms with Crippen LogP contribution in [0.3, 0.4) is 0 Å².